The van der Waals surface area contributed by atoms with Crippen LogP contribution in [0.25, 0.3) is 81.3 Å². The van der Waals surface area contributed by atoms with Crippen LogP contribution in [0.4, 0.5) is 0 Å². The van der Waals surface area contributed by atoms with Gasteiger partial charge in [-0.1, -0.05) is 38.1 Å². The van der Waals surface area contributed by atoms with Crippen molar-refractivity contribution in [3.8, 4) is 0 Å². The van der Waals surface area contributed by atoms with Crippen molar-refractivity contribution in [3.63, 3.8) is 0 Å². The molecule has 0 saturated carbocycles. The van der Waals surface area contributed by atoms with Gasteiger partial charge in [-0.3, -0.25) is 52.7 Å². The molecule has 0 fully saturated rings. The number of hydrogen-bond acceptors (Lipinski definition) is 8. The number of imide groups is 3. The van der Waals surface area contributed by atoms with E-state index in [-0.39, 0.29) is 48.0 Å². The maximum atomic E-state index is 14.4. The lowest BCUT2D eigenvalue weighted by Gasteiger charge is -2.31. The third-order valence-electron chi connectivity index (χ3n) is 14.6. The molecule has 3 aliphatic heterocycles. The van der Waals surface area contributed by atoms with E-state index in [1.54, 1.807) is 52.9 Å². The molecule has 5 heterocycles. The molecule has 12 heteroatoms. The minimum Gasteiger partial charge on any atom is -0.274 e. The molecule has 0 spiro atoms. The summed E-state index contributed by atoms with van der Waals surface area (Å²) >= 11 is 0. The molecular weight excluding hydrogens is 831 g/mol. The van der Waals surface area contributed by atoms with Gasteiger partial charge in [-0.25, -0.2) is 4.98 Å². The summed E-state index contributed by atoms with van der Waals surface area (Å²) in [6.07, 6.45) is 0.829. The number of hydrogen-bond donors (Lipinski definition) is 0. The van der Waals surface area contributed by atoms with Crippen molar-refractivity contribution in [3.05, 3.63) is 140 Å². The Morgan fingerprint density at radius 1 is 0.439 bits per heavy atom. The second kappa shape index (κ2) is 13.0. The zero-order chi connectivity index (χ0) is 45.3. The molecular formula is C54H37N5O7. The first-order valence-electron chi connectivity index (χ1n) is 22.3. The first kappa shape index (κ1) is 38.3. The zero-order valence-electron chi connectivity index (χ0n) is 36.3. The van der Waals surface area contributed by atoms with E-state index in [1.165, 1.54) is 9.80 Å². The fraction of sp³-hybridized carbons (Fsp3) is 0.185. The highest BCUT2D eigenvalue weighted by Gasteiger charge is 2.39. The number of carbonyl (C=O) groups excluding carboxylic acids is 6. The summed E-state index contributed by atoms with van der Waals surface area (Å²) in [6.45, 7) is 8.33. The van der Waals surface area contributed by atoms with Crippen LogP contribution in [0.3, 0.4) is 0 Å². The van der Waals surface area contributed by atoms with E-state index in [1.807, 2.05) is 50.2 Å². The summed E-state index contributed by atoms with van der Waals surface area (Å²) in [5.41, 5.74) is 5.88. The predicted octanol–water partition coefficient (Wildman–Crippen LogP) is 9.18. The highest BCUT2D eigenvalue weighted by Crippen LogP contribution is 2.46. The number of aromatic nitrogens is 2. The van der Waals surface area contributed by atoms with Gasteiger partial charge in [0.15, 0.2) is 0 Å². The van der Waals surface area contributed by atoms with Crippen LogP contribution in [-0.4, -0.2) is 79.2 Å². The summed E-state index contributed by atoms with van der Waals surface area (Å²) in [5.74, 6) is -2.30. The first-order valence-corrected chi connectivity index (χ1v) is 22.3. The number of fused-ring (bicyclic) bond motifs is 6. The number of pyridine rings is 1. The highest BCUT2D eigenvalue weighted by molar-refractivity contribution is 6.41. The van der Waals surface area contributed by atoms with Crippen molar-refractivity contribution < 1.29 is 28.8 Å². The van der Waals surface area contributed by atoms with Crippen LogP contribution in [0.15, 0.2) is 89.7 Å². The van der Waals surface area contributed by atoms with Crippen molar-refractivity contribution in [1.82, 2.24) is 24.1 Å². The van der Waals surface area contributed by atoms with Gasteiger partial charge in [-0.2, -0.15) is 0 Å². The maximum Gasteiger partial charge on any atom is 0.264 e. The number of benzene rings is 8. The van der Waals surface area contributed by atoms with Crippen LogP contribution >= 0.6 is 0 Å². The van der Waals surface area contributed by atoms with Crippen molar-refractivity contribution in [1.29, 1.82) is 0 Å². The normalized spacial score (nSPS) is 15.3. The molecule has 8 aromatic carbocycles. The van der Waals surface area contributed by atoms with Gasteiger partial charge in [0, 0.05) is 85.3 Å². The van der Waals surface area contributed by atoms with Gasteiger partial charge in [0.25, 0.3) is 41.0 Å². The molecule has 0 atom stereocenters. The van der Waals surface area contributed by atoms with Crippen LogP contribution in [0.5, 0.6) is 0 Å². The molecule has 12 nitrogen and oxygen atoms in total. The highest BCUT2D eigenvalue weighted by atomic mass is 16.2. The Kier molecular flexibility index (Phi) is 7.55. The number of carbonyl (C=O) groups is 6. The van der Waals surface area contributed by atoms with Gasteiger partial charge in [-0.15, -0.1) is 0 Å². The van der Waals surface area contributed by atoms with E-state index in [9.17, 15) is 33.6 Å². The molecule has 3 aliphatic rings. The van der Waals surface area contributed by atoms with Gasteiger partial charge < -0.3 is 0 Å². The Balaban J connectivity index is 0.823. The lowest BCUT2D eigenvalue weighted by atomic mass is 9.82. The standard InChI is InChI=1S/C54H37N5O7/c1-24(2)18-21-58-52(64)34-13-8-29-27-6-11-32-44-33(12-7-28(41(27)44)30-9-14-35(53(58)65)45(34)42(29)30)49(61)56(48(32)60)19-5-20-57-50(62)36-15-10-31-43-38(17-16-37(46(36)43)51(57)63)54(66)59-40-23-26(4)25(3)22-39(40)55-47(31)59/h6-17,22-24H,5,18-21H2,1-4H3. The fourth-order valence-electron chi connectivity index (χ4n) is 11.2. The SMILES string of the molecule is Cc1cc2nc3c4ccc5c6c(ccc(c(=O)n3c2cc1C)c64)C(=O)N(CCCN1C(=O)c2ccc3c4ccc6c7c(ccc(c8ccc(c2c38)C1=O)c74)C(=O)N(CCC(C)C)C6=O)C5=O. The number of rotatable bonds is 7. The lowest BCUT2D eigenvalue weighted by Crippen LogP contribution is -2.44. The first-order chi connectivity index (χ1) is 31.8. The lowest BCUT2D eigenvalue weighted by molar-refractivity contribution is 0.0568. The molecule has 2 aromatic heterocycles. The Bertz CT molecular complexity index is 3950. The van der Waals surface area contributed by atoms with Crippen LogP contribution < -0.4 is 5.56 Å². The van der Waals surface area contributed by atoms with Crippen LogP contribution in [-0.2, 0) is 0 Å². The predicted molar refractivity (Wildman–Crippen MR) is 252 cm³/mol. The third kappa shape index (κ3) is 4.72. The fourth-order valence-corrected chi connectivity index (χ4v) is 11.2. The Morgan fingerprint density at radius 3 is 1.23 bits per heavy atom. The minimum atomic E-state index is -0.521. The molecule has 0 radical (unpaired) electrons. The van der Waals surface area contributed by atoms with E-state index in [2.05, 4.69) is 13.8 Å². The van der Waals surface area contributed by atoms with Crippen molar-refractivity contribution in [2.45, 2.75) is 40.5 Å². The van der Waals surface area contributed by atoms with Crippen molar-refractivity contribution in [2.24, 2.45) is 5.92 Å². The van der Waals surface area contributed by atoms with Crippen molar-refractivity contribution in [2.75, 3.05) is 19.6 Å². The van der Waals surface area contributed by atoms with E-state index >= 15 is 0 Å². The molecule has 0 saturated heterocycles. The van der Waals surface area contributed by atoms with Gasteiger partial charge in [0.05, 0.1) is 11.0 Å². The maximum absolute atomic E-state index is 14.4. The monoisotopic (exact) mass is 867 g/mol. The van der Waals surface area contributed by atoms with E-state index in [0.717, 1.165) is 48.3 Å². The van der Waals surface area contributed by atoms with Crippen LogP contribution in [0.1, 0.15) is 100.0 Å². The van der Waals surface area contributed by atoms with Gasteiger partial charge in [-0.05, 0) is 137 Å². The average Bonchev–Trinajstić information content (AvgIpc) is 3.68. The Labute approximate surface area is 374 Å². The van der Waals surface area contributed by atoms with E-state index < -0.39 is 23.6 Å². The molecule has 66 heavy (non-hydrogen) atoms. The minimum absolute atomic E-state index is 0.0487. The summed E-state index contributed by atoms with van der Waals surface area (Å²) in [6, 6.07) is 25.2. The largest absolute Gasteiger partial charge is 0.274 e. The number of nitrogens with zero attached hydrogens (tertiary/aromatic N) is 5. The van der Waals surface area contributed by atoms with Crippen LogP contribution in [0, 0.1) is 19.8 Å². The summed E-state index contributed by atoms with van der Waals surface area (Å²) in [5, 5.41) is 7.92. The molecule has 13 rings (SSSR count). The third-order valence-corrected chi connectivity index (χ3v) is 14.6. The molecule has 0 unspecified atom stereocenters. The number of imidazole rings is 1. The molecule has 0 bridgehead atoms. The quantitative estimate of drug-likeness (QED) is 0.0876. The molecule has 10 aromatic rings. The average molecular weight is 868 g/mol. The number of amides is 6. The topological polar surface area (TPSA) is 147 Å². The second-order valence-electron chi connectivity index (χ2n) is 18.5. The molecule has 320 valence electrons. The van der Waals surface area contributed by atoms with Crippen LogP contribution in [0.2, 0.25) is 0 Å². The second-order valence-corrected chi connectivity index (χ2v) is 18.5. The summed E-state index contributed by atoms with van der Waals surface area (Å²) in [4.78, 5) is 107. The van der Waals surface area contributed by atoms with Gasteiger partial charge in [0.2, 0.25) is 0 Å². The molecule has 6 amide bonds. The summed E-state index contributed by atoms with van der Waals surface area (Å²) in [7, 11) is 0. The molecule has 0 N–H and O–H groups in total. The Hall–Kier alpha value is -8.12. The van der Waals surface area contributed by atoms with E-state index in [4.69, 9.17) is 4.98 Å². The Morgan fingerprint density at radius 2 is 0.803 bits per heavy atom. The smallest absolute Gasteiger partial charge is 0.264 e. The van der Waals surface area contributed by atoms with Gasteiger partial charge >= 0.3 is 0 Å². The van der Waals surface area contributed by atoms with E-state index in [0.29, 0.717) is 90.1 Å². The zero-order valence-corrected chi connectivity index (χ0v) is 36.3. The van der Waals surface area contributed by atoms with Gasteiger partial charge in [0.1, 0.15) is 5.65 Å². The van der Waals surface area contributed by atoms with Crippen molar-refractivity contribution >= 4 is 117 Å². The molecule has 0 aliphatic carbocycles. The number of aryl methyl sites for hydroxylation is 2. The summed E-state index contributed by atoms with van der Waals surface area (Å²) < 4.78 is 1.61.